The summed E-state index contributed by atoms with van der Waals surface area (Å²) < 4.78 is 5.56. The summed E-state index contributed by atoms with van der Waals surface area (Å²) in [5.41, 5.74) is 3.74. The third-order valence-corrected chi connectivity index (χ3v) is 4.43. The second kappa shape index (κ2) is 6.08. The van der Waals surface area contributed by atoms with Crippen molar-refractivity contribution in [3.8, 4) is 5.75 Å². The Morgan fingerprint density at radius 1 is 1.10 bits per heavy atom. The number of benzene rings is 2. The summed E-state index contributed by atoms with van der Waals surface area (Å²) in [6.07, 6.45) is 1.01. The number of hydrogen-bond acceptors (Lipinski definition) is 2. The van der Waals surface area contributed by atoms with Crippen LogP contribution in [0.1, 0.15) is 42.6 Å². The van der Waals surface area contributed by atoms with Crippen molar-refractivity contribution in [2.45, 2.75) is 32.4 Å². The zero-order valence-corrected chi connectivity index (χ0v) is 13.2. The number of fused-ring (bicyclic) bond motifs is 1. The quantitative estimate of drug-likeness (QED) is 0.885. The van der Waals surface area contributed by atoms with Crippen molar-refractivity contribution < 1.29 is 4.74 Å². The number of rotatable bonds is 4. The fourth-order valence-electron chi connectivity index (χ4n) is 2.86. The van der Waals surface area contributed by atoms with Crippen molar-refractivity contribution in [3.05, 3.63) is 64.2 Å². The van der Waals surface area contributed by atoms with Gasteiger partial charge in [0.2, 0.25) is 0 Å². The van der Waals surface area contributed by atoms with E-state index in [4.69, 9.17) is 16.3 Å². The van der Waals surface area contributed by atoms with Crippen LogP contribution in [0, 0.1) is 0 Å². The molecule has 2 atom stereocenters. The van der Waals surface area contributed by atoms with Gasteiger partial charge in [-0.05, 0) is 42.7 Å². The second-order valence-electron chi connectivity index (χ2n) is 5.60. The van der Waals surface area contributed by atoms with Crippen LogP contribution in [-0.4, -0.2) is 6.61 Å². The Labute approximate surface area is 131 Å². The zero-order valence-electron chi connectivity index (χ0n) is 12.4. The van der Waals surface area contributed by atoms with Crippen molar-refractivity contribution >= 4 is 11.6 Å². The molecule has 2 nitrogen and oxygen atoms in total. The topological polar surface area (TPSA) is 21.3 Å². The number of halogens is 1. The smallest absolute Gasteiger partial charge is 0.122 e. The van der Waals surface area contributed by atoms with Crippen molar-refractivity contribution in [1.82, 2.24) is 5.32 Å². The Hall–Kier alpha value is -1.51. The largest absolute Gasteiger partial charge is 0.493 e. The van der Waals surface area contributed by atoms with Gasteiger partial charge in [-0.3, -0.25) is 0 Å². The lowest BCUT2D eigenvalue weighted by Gasteiger charge is -2.22. The highest BCUT2D eigenvalue weighted by atomic mass is 35.5. The minimum Gasteiger partial charge on any atom is -0.493 e. The van der Waals surface area contributed by atoms with Crippen LogP contribution in [0.25, 0.3) is 0 Å². The third-order valence-electron chi connectivity index (χ3n) is 4.09. The average molecular weight is 302 g/mol. The molecule has 0 spiro atoms. The summed E-state index contributed by atoms with van der Waals surface area (Å²) in [6, 6.07) is 14.9. The highest BCUT2D eigenvalue weighted by Crippen LogP contribution is 2.30. The lowest BCUT2D eigenvalue weighted by atomic mass is 10.0. The first-order valence-electron chi connectivity index (χ1n) is 7.41. The van der Waals surface area contributed by atoms with E-state index in [0.717, 1.165) is 29.4 Å². The molecule has 0 aliphatic carbocycles. The lowest BCUT2D eigenvalue weighted by molar-refractivity contribution is 0.356. The first-order chi connectivity index (χ1) is 10.1. The summed E-state index contributed by atoms with van der Waals surface area (Å²) in [5.74, 6) is 1.03. The van der Waals surface area contributed by atoms with E-state index in [0.29, 0.717) is 0 Å². The molecule has 110 valence electrons. The molecular formula is C18H20ClNO. The molecule has 0 bridgehead atoms. The molecule has 0 fully saturated rings. The molecule has 0 radical (unpaired) electrons. The van der Waals surface area contributed by atoms with Crippen molar-refractivity contribution in [3.63, 3.8) is 0 Å². The normalized spacial score (nSPS) is 16.1. The van der Waals surface area contributed by atoms with E-state index in [9.17, 15) is 0 Å². The van der Waals surface area contributed by atoms with E-state index in [2.05, 4.69) is 43.4 Å². The van der Waals surface area contributed by atoms with Gasteiger partial charge >= 0.3 is 0 Å². The van der Waals surface area contributed by atoms with Gasteiger partial charge in [0.15, 0.2) is 0 Å². The molecule has 1 aliphatic heterocycles. The van der Waals surface area contributed by atoms with Gasteiger partial charge in [0.1, 0.15) is 5.75 Å². The van der Waals surface area contributed by atoms with Gasteiger partial charge in [0.05, 0.1) is 6.61 Å². The SMILES string of the molecule is CC(N[C@@H](C)c1ccccc1Cl)c1ccc2c(c1)CCO2. The van der Waals surface area contributed by atoms with Gasteiger partial charge in [0.25, 0.3) is 0 Å². The number of ether oxygens (including phenoxy) is 1. The molecule has 0 saturated carbocycles. The maximum absolute atomic E-state index is 6.27. The van der Waals surface area contributed by atoms with Crippen LogP contribution in [0.15, 0.2) is 42.5 Å². The van der Waals surface area contributed by atoms with Gasteiger partial charge in [0, 0.05) is 23.5 Å². The molecule has 2 aromatic carbocycles. The van der Waals surface area contributed by atoms with Crippen LogP contribution in [0.4, 0.5) is 0 Å². The Bertz CT molecular complexity index is 641. The molecule has 1 heterocycles. The fraction of sp³-hybridized carbons (Fsp3) is 0.333. The van der Waals surface area contributed by atoms with Crippen LogP contribution in [0.5, 0.6) is 5.75 Å². The van der Waals surface area contributed by atoms with Crippen molar-refractivity contribution in [2.75, 3.05) is 6.61 Å². The molecular weight excluding hydrogens is 282 g/mol. The van der Waals surface area contributed by atoms with Crippen LogP contribution < -0.4 is 10.1 Å². The predicted molar refractivity (Wildman–Crippen MR) is 87.1 cm³/mol. The highest BCUT2D eigenvalue weighted by Gasteiger charge is 2.17. The maximum Gasteiger partial charge on any atom is 0.122 e. The van der Waals surface area contributed by atoms with E-state index in [1.54, 1.807) is 0 Å². The van der Waals surface area contributed by atoms with Gasteiger partial charge in [-0.15, -0.1) is 0 Å². The van der Waals surface area contributed by atoms with Crippen LogP contribution >= 0.6 is 11.6 Å². The van der Waals surface area contributed by atoms with Crippen LogP contribution in [-0.2, 0) is 6.42 Å². The molecule has 3 rings (SSSR count). The minimum absolute atomic E-state index is 0.207. The lowest BCUT2D eigenvalue weighted by Crippen LogP contribution is -2.22. The number of nitrogens with one attached hydrogen (secondary N) is 1. The monoisotopic (exact) mass is 301 g/mol. The molecule has 21 heavy (non-hydrogen) atoms. The summed E-state index contributed by atoms with van der Waals surface area (Å²) in [7, 11) is 0. The van der Waals surface area contributed by atoms with Crippen LogP contribution in [0.3, 0.4) is 0 Å². The van der Waals surface area contributed by atoms with Crippen LogP contribution in [0.2, 0.25) is 5.02 Å². The molecule has 0 aromatic heterocycles. The highest BCUT2D eigenvalue weighted by molar-refractivity contribution is 6.31. The molecule has 1 unspecified atom stereocenters. The van der Waals surface area contributed by atoms with Crippen molar-refractivity contribution in [1.29, 1.82) is 0 Å². The van der Waals surface area contributed by atoms with Gasteiger partial charge in [-0.2, -0.15) is 0 Å². The standard InChI is InChI=1S/C18H20ClNO/c1-12(14-7-8-18-15(11-14)9-10-21-18)20-13(2)16-5-3-4-6-17(16)19/h3-8,11-13,20H,9-10H2,1-2H3/t12?,13-/m0/s1. The minimum atomic E-state index is 0.207. The first-order valence-corrected chi connectivity index (χ1v) is 7.79. The summed E-state index contributed by atoms with van der Waals surface area (Å²) in [6.45, 7) is 5.13. The number of hydrogen-bond donors (Lipinski definition) is 1. The Kier molecular flexibility index (Phi) is 4.18. The van der Waals surface area contributed by atoms with Gasteiger partial charge in [-0.1, -0.05) is 41.9 Å². The van der Waals surface area contributed by atoms with E-state index in [1.165, 1.54) is 11.1 Å². The second-order valence-corrected chi connectivity index (χ2v) is 6.00. The average Bonchev–Trinajstić information content (AvgIpc) is 2.94. The summed E-state index contributed by atoms with van der Waals surface area (Å²) in [5, 5.41) is 4.43. The molecule has 1 N–H and O–H groups in total. The zero-order chi connectivity index (χ0) is 14.8. The molecule has 0 amide bonds. The Morgan fingerprint density at radius 3 is 2.71 bits per heavy atom. The Balaban J connectivity index is 1.74. The van der Waals surface area contributed by atoms with E-state index in [-0.39, 0.29) is 12.1 Å². The molecule has 2 aromatic rings. The summed E-state index contributed by atoms with van der Waals surface area (Å²) >= 11 is 6.27. The maximum atomic E-state index is 6.27. The fourth-order valence-corrected chi connectivity index (χ4v) is 3.16. The van der Waals surface area contributed by atoms with E-state index in [1.807, 2.05) is 18.2 Å². The summed E-state index contributed by atoms with van der Waals surface area (Å²) in [4.78, 5) is 0. The third kappa shape index (κ3) is 3.07. The molecule has 3 heteroatoms. The molecule has 1 aliphatic rings. The Morgan fingerprint density at radius 2 is 1.90 bits per heavy atom. The molecule has 0 saturated heterocycles. The predicted octanol–water partition coefficient (Wildman–Crippen LogP) is 4.69. The van der Waals surface area contributed by atoms with Gasteiger partial charge in [-0.25, -0.2) is 0 Å². The van der Waals surface area contributed by atoms with Crippen molar-refractivity contribution in [2.24, 2.45) is 0 Å². The van der Waals surface area contributed by atoms with Gasteiger partial charge < -0.3 is 10.1 Å². The first kappa shape index (κ1) is 14.4. The van der Waals surface area contributed by atoms with E-state index >= 15 is 0 Å². The van der Waals surface area contributed by atoms with E-state index < -0.39 is 0 Å².